The largest absolute Gasteiger partial charge is 0.334 e. The predicted molar refractivity (Wildman–Crippen MR) is 121 cm³/mol. The molecule has 0 fully saturated rings. The van der Waals surface area contributed by atoms with Crippen molar-refractivity contribution < 1.29 is 4.79 Å². The van der Waals surface area contributed by atoms with Crippen LogP contribution in [0.3, 0.4) is 0 Å². The molecule has 2 heterocycles. The minimum absolute atomic E-state index is 0.0598. The summed E-state index contributed by atoms with van der Waals surface area (Å²) < 4.78 is 4.02. The average Bonchev–Trinajstić information content (AvgIpc) is 3.31. The van der Waals surface area contributed by atoms with Gasteiger partial charge in [0.2, 0.25) is 5.91 Å². The van der Waals surface area contributed by atoms with Crippen LogP contribution in [0.15, 0.2) is 47.9 Å². The van der Waals surface area contributed by atoms with Crippen LogP contribution in [0.1, 0.15) is 18.1 Å². The van der Waals surface area contributed by atoms with Gasteiger partial charge in [-0.25, -0.2) is 4.98 Å². The van der Waals surface area contributed by atoms with Crippen molar-refractivity contribution in [1.29, 1.82) is 0 Å². The zero-order valence-electron chi connectivity index (χ0n) is 17.5. The Morgan fingerprint density at radius 1 is 1.13 bits per heavy atom. The van der Waals surface area contributed by atoms with Crippen molar-refractivity contribution in [2.24, 2.45) is 7.05 Å². The van der Waals surface area contributed by atoms with Crippen LogP contribution in [0.4, 0.5) is 5.69 Å². The summed E-state index contributed by atoms with van der Waals surface area (Å²) in [5, 5.41) is 12.4. The number of rotatable bonds is 6. The molecule has 0 aliphatic heterocycles. The maximum atomic E-state index is 12.5. The zero-order chi connectivity index (χ0) is 21.3. The van der Waals surface area contributed by atoms with E-state index < -0.39 is 0 Å². The number of fused-ring (bicyclic) bond motifs is 1. The Morgan fingerprint density at radius 3 is 2.73 bits per heavy atom. The van der Waals surface area contributed by atoms with E-state index in [0.717, 1.165) is 38.8 Å². The topological polar surface area (TPSA) is 77.6 Å². The molecular formula is C22H24N6OS. The molecule has 154 valence electrons. The summed E-state index contributed by atoms with van der Waals surface area (Å²) in [5.41, 5.74) is 6.03. The molecule has 0 atom stereocenters. The molecule has 0 saturated heterocycles. The number of carbonyl (C=O) groups is 1. The van der Waals surface area contributed by atoms with E-state index in [4.69, 9.17) is 0 Å². The third kappa shape index (κ3) is 3.95. The highest BCUT2D eigenvalue weighted by Crippen LogP contribution is 2.26. The number of hydrogen-bond donors (Lipinski definition) is 1. The Hall–Kier alpha value is -3.13. The van der Waals surface area contributed by atoms with Gasteiger partial charge in [0.15, 0.2) is 11.0 Å². The van der Waals surface area contributed by atoms with Crippen LogP contribution in [0.25, 0.3) is 22.4 Å². The van der Waals surface area contributed by atoms with Gasteiger partial charge in [-0.05, 0) is 50.6 Å². The van der Waals surface area contributed by atoms with Gasteiger partial charge in [-0.15, -0.1) is 10.2 Å². The third-order valence-corrected chi connectivity index (χ3v) is 5.97. The summed E-state index contributed by atoms with van der Waals surface area (Å²) >= 11 is 1.39. The third-order valence-electron chi connectivity index (χ3n) is 5.01. The van der Waals surface area contributed by atoms with Gasteiger partial charge in [-0.3, -0.25) is 4.79 Å². The van der Waals surface area contributed by atoms with Crippen molar-refractivity contribution in [2.75, 3.05) is 11.1 Å². The van der Waals surface area contributed by atoms with E-state index in [2.05, 4.69) is 39.6 Å². The lowest BCUT2D eigenvalue weighted by Gasteiger charge is -2.10. The molecule has 0 saturated carbocycles. The van der Waals surface area contributed by atoms with E-state index >= 15 is 0 Å². The van der Waals surface area contributed by atoms with Gasteiger partial charge in [0.25, 0.3) is 0 Å². The van der Waals surface area contributed by atoms with Gasteiger partial charge in [-0.1, -0.05) is 29.5 Å². The number of imidazole rings is 1. The quantitative estimate of drug-likeness (QED) is 0.473. The van der Waals surface area contributed by atoms with Crippen molar-refractivity contribution in [3.05, 3.63) is 53.9 Å². The number of nitrogens with one attached hydrogen (secondary N) is 1. The maximum Gasteiger partial charge on any atom is 0.234 e. The molecule has 4 aromatic rings. The fraction of sp³-hybridized carbons (Fsp3) is 0.273. The molecule has 0 aliphatic rings. The zero-order valence-corrected chi connectivity index (χ0v) is 18.3. The molecule has 7 nitrogen and oxygen atoms in total. The smallest absolute Gasteiger partial charge is 0.234 e. The first-order valence-electron chi connectivity index (χ1n) is 9.81. The minimum atomic E-state index is -0.0598. The number of hydrogen-bond acceptors (Lipinski definition) is 5. The second-order valence-electron chi connectivity index (χ2n) is 7.26. The molecule has 0 radical (unpaired) electrons. The Bertz CT molecular complexity index is 1230. The molecule has 0 aliphatic carbocycles. The molecular weight excluding hydrogens is 396 g/mol. The van der Waals surface area contributed by atoms with Gasteiger partial charge in [0.05, 0.1) is 23.1 Å². The molecule has 1 N–H and O–H groups in total. The number of benzene rings is 2. The summed E-state index contributed by atoms with van der Waals surface area (Å²) in [4.78, 5) is 16.8. The van der Waals surface area contributed by atoms with E-state index in [-0.39, 0.29) is 11.7 Å². The van der Waals surface area contributed by atoms with Crippen molar-refractivity contribution in [1.82, 2.24) is 24.3 Å². The minimum Gasteiger partial charge on any atom is -0.334 e. The number of amides is 1. The molecule has 2 aromatic carbocycles. The van der Waals surface area contributed by atoms with Crippen molar-refractivity contribution in [3.8, 4) is 11.4 Å². The van der Waals surface area contributed by atoms with Crippen LogP contribution in [-0.2, 0) is 18.4 Å². The Balaban J connectivity index is 1.50. The van der Waals surface area contributed by atoms with E-state index in [1.165, 1.54) is 17.3 Å². The highest BCUT2D eigenvalue weighted by Gasteiger charge is 2.16. The van der Waals surface area contributed by atoms with Crippen LogP contribution in [-0.4, -0.2) is 36.0 Å². The summed E-state index contributed by atoms with van der Waals surface area (Å²) in [6.07, 6.45) is 1.80. The Kier molecular flexibility index (Phi) is 5.59. The van der Waals surface area contributed by atoms with Crippen LogP contribution >= 0.6 is 11.8 Å². The monoisotopic (exact) mass is 420 g/mol. The average molecular weight is 421 g/mol. The van der Waals surface area contributed by atoms with Gasteiger partial charge in [0.1, 0.15) is 0 Å². The Labute approximate surface area is 179 Å². The lowest BCUT2D eigenvalue weighted by molar-refractivity contribution is -0.113. The van der Waals surface area contributed by atoms with Gasteiger partial charge in [0, 0.05) is 24.8 Å². The standard InChI is InChI=1S/C22H24N6OS/c1-5-28-21(16-7-9-18-19(11-16)27(4)13-23-18)25-26-22(28)30-12-20(29)24-17-8-6-14(2)10-15(17)3/h6-11,13H,5,12H2,1-4H3,(H,24,29). The lowest BCUT2D eigenvalue weighted by atomic mass is 10.1. The van der Waals surface area contributed by atoms with Gasteiger partial charge < -0.3 is 14.5 Å². The summed E-state index contributed by atoms with van der Waals surface area (Å²) in [6.45, 7) is 6.80. The van der Waals surface area contributed by atoms with Gasteiger partial charge in [-0.2, -0.15) is 0 Å². The molecule has 2 aromatic heterocycles. The van der Waals surface area contributed by atoms with E-state index in [1.807, 2.05) is 54.3 Å². The molecule has 0 bridgehead atoms. The van der Waals surface area contributed by atoms with E-state index in [0.29, 0.717) is 6.54 Å². The van der Waals surface area contributed by atoms with Crippen molar-refractivity contribution in [3.63, 3.8) is 0 Å². The Morgan fingerprint density at radius 2 is 1.97 bits per heavy atom. The first kappa shape index (κ1) is 20.2. The van der Waals surface area contributed by atoms with Crippen LogP contribution in [0, 0.1) is 13.8 Å². The first-order valence-corrected chi connectivity index (χ1v) is 10.8. The van der Waals surface area contributed by atoms with Crippen LogP contribution < -0.4 is 5.32 Å². The molecule has 8 heteroatoms. The molecule has 30 heavy (non-hydrogen) atoms. The first-order chi connectivity index (χ1) is 14.5. The fourth-order valence-corrected chi connectivity index (χ4v) is 4.23. The highest BCUT2D eigenvalue weighted by molar-refractivity contribution is 7.99. The normalized spacial score (nSPS) is 11.2. The number of anilines is 1. The van der Waals surface area contributed by atoms with E-state index in [9.17, 15) is 4.79 Å². The number of aryl methyl sites for hydroxylation is 3. The van der Waals surface area contributed by atoms with Gasteiger partial charge >= 0.3 is 0 Å². The number of carbonyl (C=O) groups excluding carboxylic acids is 1. The summed E-state index contributed by atoms with van der Waals surface area (Å²) in [5.74, 6) is 1.00. The summed E-state index contributed by atoms with van der Waals surface area (Å²) in [7, 11) is 1.97. The molecule has 1 amide bonds. The molecule has 0 spiro atoms. The van der Waals surface area contributed by atoms with E-state index in [1.54, 1.807) is 6.33 Å². The number of nitrogens with zero attached hydrogens (tertiary/aromatic N) is 5. The second kappa shape index (κ2) is 8.31. The van der Waals surface area contributed by atoms with Crippen LogP contribution in [0.2, 0.25) is 0 Å². The second-order valence-corrected chi connectivity index (χ2v) is 8.21. The van der Waals surface area contributed by atoms with Crippen LogP contribution in [0.5, 0.6) is 0 Å². The fourth-order valence-electron chi connectivity index (χ4n) is 3.43. The predicted octanol–water partition coefficient (Wildman–Crippen LogP) is 4.20. The molecule has 4 rings (SSSR count). The highest BCUT2D eigenvalue weighted by atomic mass is 32.2. The lowest BCUT2D eigenvalue weighted by Crippen LogP contribution is -2.15. The number of aromatic nitrogens is 5. The maximum absolute atomic E-state index is 12.5. The molecule has 0 unspecified atom stereocenters. The number of thioether (sulfide) groups is 1. The summed E-state index contributed by atoms with van der Waals surface area (Å²) in [6, 6.07) is 12.1. The SMILES string of the molecule is CCn1c(SCC(=O)Nc2ccc(C)cc2C)nnc1-c1ccc2ncn(C)c2c1. The van der Waals surface area contributed by atoms with Crippen molar-refractivity contribution in [2.45, 2.75) is 32.5 Å². The van der Waals surface area contributed by atoms with Crippen molar-refractivity contribution >= 4 is 34.4 Å².